The van der Waals surface area contributed by atoms with Crippen molar-refractivity contribution in [2.24, 2.45) is 0 Å². The van der Waals surface area contributed by atoms with Crippen LogP contribution >= 0.6 is 23.2 Å². The number of aliphatic hydroxyl groups is 1. The molecule has 2 saturated heterocycles. The van der Waals surface area contributed by atoms with Crippen molar-refractivity contribution in [2.75, 3.05) is 33.9 Å². The Bertz CT molecular complexity index is 1870. The molecule has 0 aliphatic carbocycles. The van der Waals surface area contributed by atoms with E-state index in [2.05, 4.69) is 20.5 Å². The monoisotopic (exact) mass is 691 g/mol. The largest absolute Gasteiger partial charge is 0.481 e. The Hall–Kier alpha value is -4.26. The molecule has 0 saturated carbocycles. The maximum Gasteiger partial charge on any atom is 0.333 e. The average molecular weight is 693 g/mol. The third kappa shape index (κ3) is 6.83. The maximum absolute atomic E-state index is 11.7. The van der Waals surface area contributed by atoms with Gasteiger partial charge in [-0.1, -0.05) is 71.7 Å². The van der Waals surface area contributed by atoms with Crippen LogP contribution < -0.4 is 20.1 Å². The molecule has 1 spiro atoms. The van der Waals surface area contributed by atoms with Crippen LogP contribution in [0.15, 0.2) is 60.7 Å². The summed E-state index contributed by atoms with van der Waals surface area (Å²) in [5.74, 6) is -0.318. The van der Waals surface area contributed by atoms with Gasteiger partial charge in [-0.05, 0) is 18.6 Å². The molecule has 250 valence electrons. The number of ether oxygens (including phenoxy) is 2. The SMILES string of the molecule is COc1nc(-c2cccc(-c3cccc(-c4ccc(CN5CC6(CCC(=O)N6)C5)c(OC)n4)c3Cl)c2Cl)ccc1CNC[C@@H](O)C(=O)O. The van der Waals surface area contributed by atoms with Crippen molar-refractivity contribution in [3.05, 3.63) is 81.8 Å². The fraction of sp³-hybridized carbons (Fsp3) is 0.314. The first-order valence-electron chi connectivity index (χ1n) is 15.4. The van der Waals surface area contributed by atoms with Crippen LogP contribution in [0.25, 0.3) is 33.6 Å². The van der Waals surface area contributed by atoms with E-state index < -0.39 is 12.1 Å². The van der Waals surface area contributed by atoms with Crippen LogP contribution in [0, 0.1) is 0 Å². The fourth-order valence-corrected chi connectivity index (χ4v) is 6.98. The average Bonchev–Trinajstić information content (AvgIpc) is 3.46. The number of nitrogens with zero attached hydrogens (tertiary/aromatic N) is 3. The van der Waals surface area contributed by atoms with Gasteiger partial charge in [-0.25, -0.2) is 14.8 Å². The summed E-state index contributed by atoms with van der Waals surface area (Å²) in [6.07, 6.45) is -0.0536. The Morgan fingerprint density at radius 2 is 1.46 bits per heavy atom. The highest BCUT2D eigenvalue weighted by Gasteiger charge is 2.47. The predicted octanol–water partition coefficient (Wildman–Crippen LogP) is 4.80. The van der Waals surface area contributed by atoms with Gasteiger partial charge in [-0.3, -0.25) is 9.69 Å². The summed E-state index contributed by atoms with van der Waals surface area (Å²) in [6, 6.07) is 18.9. The zero-order valence-corrected chi connectivity index (χ0v) is 27.9. The molecule has 2 aromatic heterocycles. The van der Waals surface area contributed by atoms with E-state index in [1.54, 1.807) is 13.2 Å². The van der Waals surface area contributed by atoms with Gasteiger partial charge >= 0.3 is 5.97 Å². The Morgan fingerprint density at radius 1 is 0.917 bits per heavy atom. The van der Waals surface area contributed by atoms with E-state index in [1.165, 1.54) is 7.11 Å². The van der Waals surface area contributed by atoms with Crippen molar-refractivity contribution in [1.82, 2.24) is 25.5 Å². The molecule has 4 N–H and O–H groups in total. The predicted molar refractivity (Wildman–Crippen MR) is 182 cm³/mol. The molecule has 6 rings (SSSR count). The van der Waals surface area contributed by atoms with Crippen molar-refractivity contribution in [1.29, 1.82) is 0 Å². The minimum absolute atomic E-state index is 0.0942. The number of carbonyl (C=O) groups is 2. The van der Waals surface area contributed by atoms with Crippen molar-refractivity contribution in [3.63, 3.8) is 0 Å². The lowest BCUT2D eigenvalue weighted by Crippen LogP contribution is -2.66. The molecule has 0 bridgehead atoms. The molecular formula is C35H35Cl2N5O6. The number of hydrogen-bond donors (Lipinski definition) is 4. The number of likely N-dealkylation sites (tertiary alicyclic amines) is 1. The first-order chi connectivity index (χ1) is 23.1. The van der Waals surface area contributed by atoms with Crippen LogP contribution in [-0.4, -0.2) is 82.5 Å². The van der Waals surface area contributed by atoms with Gasteiger partial charge in [0.25, 0.3) is 0 Å². The molecular weight excluding hydrogens is 657 g/mol. The smallest absolute Gasteiger partial charge is 0.333 e. The normalized spacial score (nSPS) is 16.0. The molecule has 2 aromatic carbocycles. The molecule has 0 radical (unpaired) electrons. The molecule has 1 amide bonds. The molecule has 2 aliphatic rings. The van der Waals surface area contributed by atoms with Crippen molar-refractivity contribution < 1.29 is 29.3 Å². The maximum atomic E-state index is 11.7. The van der Waals surface area contributed by atoms with Gasteiger partial charge in [0.05, 0.1) is 41.2 Å². The molecule has 4 heterocycles. The third-order valence-corrected chi connectivity index (χ3v) is 9.54. The summed E-state index contributed by atoms with van der Waals surface area (Å²) in [7, 11) is 3.10. The summed E-state index contributed by atoms with van der Waals surface area (Å²) in [4.78, 5) is 34.4. The van der Waals surface area contributed by atoms with E-state index in [0.717, 1.165) is 36.2 Å². The van der Waals surface area contributed by atoms with Crippen LogP contribution in [-0.2, 0) is 22.7 Å². The molecule has 48 heavy (non-hydrogen) atoms. The Kier molecular flexibility index (Phi) is 9.86. The summed E-state index contributed by atoms with van der Waals surface area (Å²) >= 11 is 14.1. The molecule has 0 unspecified atom stereocenters. The fourth-order valence-electron chi connectivity index (χ4n) is 6.33. The van der Waals surface area contributed by atoms with Gasteiger partial charge in [0.1, 0.15) is 0 Å². The Labute approximate surface area is 287 Å². The van der Waals surface area contributed by atoms with E-state index >= 15 is 0 Å². The molecule has 2 aliphatic heterocycles. The first kappa shape index (κ1) is 33.6. The van der Waals surface area contributed by atoms with Crippen LogP contribution in [0.3, 0.4) is 0 Å². The second-order valence-corrected chi connectivity index (χ2v) is 12.8. The number of aliphatic carboxylic acids is 1. The van der Waals surface area contributed by atoms with Crippen LogP contribution in [0.5, 0.6) is 11.8 Å². The highest BCUT2D eigenvalue weighted by atomic mass is 35.5. The van der Waals surface area contributed by atoms with Gasteiger partial charge in [0.2, 0.25) is 17.7 Å². The number of pyridine rings is 2. The van der Waals surface area contributed by atoms with E-state index in [-0.39, 0.29) is 24.5 Å². The lowest BCUT2D eigenvalue weighted by Gasteiger charge is -2.48. The minimum Gasteiger partial charge on any atom is -0.481 e. The number of aromatic nitrogens is 2. The standard InChI is InChI=1S/C35H35Cl2N5O6/c1-47-32-20(15-38-16-28(43)34(45)46)9-11-26(39-32)24-7-3-5-22(30(24)36)23-6-4-8-25(31(23)37)27-12-10-21(33(40-27)48-2)17-42-18-35(19-42)14-13-29(44)41-35/h3-12,28,38,43H,13-19H2,1-2H3,(H,41,44)(H,45,46)/t28-/m1/s1. The lowest BCUT2D eigenvalue weighted by molar-refractivity contribution is -0.146. The van der Waals surface area contributed by atoms with Gasteiger partial charge in [0, 0.05) is 72.5 Å². The van der Waals surface area contributed by atoms with Crippen molar-refractivity contribution >= 4 is 35.1 Å². The minimum atomic E-state index is -1.51. The number of carboxylic acid groups (broad SMARTS) is 1. The van der Waals surface area contributed by atoms with Crippen LogP contribution in [0.2, 0.25) is 10.0 Å². The summed E-state index contributed by atoms with van der Waals surface area (Å²) in [5.41, 5.74) is 5.60. The molecule has 13 heteroatoms. The number of amides is 1. The molecule has 1 atom stereocenters. The van der Waals surface area contributed by atoms with E-state index in [9.17, 15) is 14.7 Å². The number of rotatable bonds is 12. The Morgan fingerprint density at radius 3 is 1.98 bits per heavy atom. The number of carboxylic acids is 1. The van der Waals surface area contributed by atoms with Crippen LogP contribution in [0.1, 0.15) is 24.0 Å². The second-order valence-electron chi connectivity index (χ2n) is 12.0. The van der Waals surface area contributed by atoms with Gasteiger partial charge in [-0.15, -0.1) is 0 Å². The Balaban J connectivity index is 1.23. The van der Waals surface area contributed by atoms with Gasteiger partial charge in [0.15, 0.2) is 6.10 Å². The van der Waals surface area contributed by atoms with Crippen LogP contribution in [0.4, 0.5) is 0 Å². The molecule has 11 nitrogen and oxygen atoms in total. The number of nitrogens with one attached hydrogen (secondary N) is 2. The van der Waals surface area contributed by atoms with Crippen molar-refractivity contribution in [2.45, 2.75) is 37.6 Å². The zero-order chi connectivity index (χ0) is 34.0. The lowest BCUT2D eigenvalue weighted by atomic mass is 9.88. The number of aliphatic hydroxyl groups excluding tert-OH is 1. The topological polar surface area (TPSA) is 146 Å². The van der Waals surface area contributed by atoms with Gasteiger partial charge in [-0.2, -0.15) is 0 Å². The quantitative estimate of drug-likeness (QED) is 0.163. The third-order valence-electron chi connectivity index (χ3n) is 8.72. The zero-order valence-electron chi connectivity index (χ0n) is 26.4. The number of benzene rings is 2. The van der Waals surface area contributed by atoms with E-state index in [4.69, 9.17) is 42.8 Å². The number of halogens is 2. The van der Waals surface area contributed by atoms with E-state index in [0.29, 0.717) is 62.8 Å². The van der Waals surface area contributed by atoms with Crippen molar-refractivity contribution in [3.8, 4) is 45.4 Å². The first-order valence-corrected chi connectivity index (χ1v) is 16.2. The summed E-state index contributed by atoms with van der Waals surface area (Å²) < 4.78 is 11.2. The number of carbonyl (C=O) groups excluding carboxylic acids is 1. The second kappa shape index (κ2) is 14.1. The van der Waals surface area contributed by atoms with Gasteiger partial charge < -0.3 is 30.3 Å². The highest BCUT2D eigenvalue weighted by Crippen LogP contribution is 2.42. The highest BCUT2D eigenvalue weighted by molar-refractivity contribution is 6.39. The number of hydrogen-bond acceptors (Lipinski definition) is 9. The number of methoxy groups -OCH3 is 2. The summed E-state index contributed by atoms with van der Waals surface area (Å²) in [5, 5.41) is 25.4. The molecule has 4 aromatic rings. The summed E-state index contributed by atoms with van der Waals surface area (Å²) in [6.45, 7) is 2.40. The molecule has 2 fully saturated rings. The van der Waals surface area contributed by atoms with E-state index in [1.807, 2.05) is 54.6 Å².